The summed E-state index contributed by atoms with van der Waals surface area (Å²) in [4.78, 5) is 0. The smallest absolute Gasteiger partial charge is 0.0440 e. The Morgan fingerprint density at radius 1 is 0.615 bits per heavy atom. The third-order valence-corrected chi connectivity index (χ3v) is 27.1. The summed E-state index contributed by atoms with van der Waals surface area (Å²) in [6.45, 7) is 20.0. The fourth-order valence-corrected chi connectivity index (χ4v) is 13.4. The number of rotatable bonds is 3. The van der Waals surface area contributed by atoms with Crippen LogP contribution in [0.15, 0.2) is 0 Å². The molecule has 0 saturated carbocycles. The zero-order chi connectivity index (χ0) is 10.2. The Bertz CT molecular complexity index is 128. The summed E-state index contributed by atoms with van der Waals surface area (Å²) in [6.07, 6.45) is 0. The molecule has 0 N–H and O–H groups in total. The maximum atomic E-state index is 2.59. The van der Waals surface area contributed by atoms with Crippen molar-refractivity contribution >= 4 is 15.2 Å². The van der Waals surface area contributed by atoms with Gasteiger partial charge in [0.1, 0.15) is 0 Å². The Kier molecular flexibility index (Phi) is 5.85. The van der Waals surface area contributed by atoms with Crippen molar-refractivity contribution in [3.63, 3.8) is 0 Å². The molecule has 0 unspecified atom stereocenters. The molecule has 0 aromatic rings. The minimum absolute atomic E-state index is 0. The lowest BCUT2D eigenvalue weighted by atomic mass is 10.6. The predicted molar refractivity (Wildman–Crippen MR) is 71.9 cm³/mol. The van der Waals surface area contributed by atoms with E-state index in [1.807, 2.05) is 0 Å². The average Bonchev–Trinajstić information content (AvgIpc) is 1.86. The molecule has 0 bridgehead atoms. The molecule has 0 aromatic carbocycles. The van der Waals surface area contributed by atoms with Gasteiger partial charge in [0, 0.05) is 15.2 Å². The molecule has 13 heavy (non-hydrogen) atoms. The molecule has 0 aliphatic carbocycles. The molecule has 0 aromatic heterocycles. The maximum absolute atomic E-state index is 2.59. The molecule has 0 aliphatic heterocycles. The minimum atomic E-state index is -0.932. The first-order chi connectivity index (χ1) is 5.14. The van der Waals surface area contributed by atoms with Crippen molar-refractivity contribution in [1.29, 1.82) is 0 Å². The third kappa shape index (κ3) is 2.95. The summed E-state index contributed by atoms with van der Waals surface area (Å²) in [5.41, 5.74) is 1.89. The van der Waals surface area contributed by atoms with Gasteiger partial charge in [-0.25, -0.2) is 0 Å². The van der Waals surface area contributed by atoms with E-state index >= 15 is 0 Å². The summed E-state index contributed by atoms with van der Waals surface area (Å²) >= 11 is 0. The van der Waals surface area contributed by atoms with Gasteiger partial charge in [-0.05, 0) is 0 Å². The van der Waals surface area contributed by atoms with Crippen LogP contribution in [0.4, 0.5) is 0 Å². The van der Waals surface area contributed by atoms with Crippen molar-refractivity contribution in [3.05, 3.63) is 0 Å². The SMILES string of the molecule is C.CC(C)[Si](C)(C)[Si](C)(C)C(C)C. The van der Waals surface area contributed by atoms with Gasteiger partial charge in [-0.2, -0.15) is 0 Å². The second-order valence-electron chi connectivity index (χ2n) is 5.75. The van der Waals surface area contributed by atoms with E-state index in [0.717, 1.165) is 11.1 Å². The van der Waals surface area contributed by atoms with Crippen molar-refractivity contribution < 1.29 is 0 Å². The molecule has 82 valence electrons. The first kappa shape index (κ1) is 15.9. The molecule has 0 saturated heterocycles. The van der Waals surface area contributed by atoms with Gasteiger partial charge in [-0.15, -0.1) is 0 Å². The standard InChI is InChI=1S/C10H26Si2.CH4/c1-9(2)11(5,6)12(7,8)10(3)4;/h9-10H,1-8H3;1H4. The molecule has 0 radical (unpaired) electrons. The van der Waals surface area contributed by atoms with E-state index in [-0.39, 0.29) is 7.43 Å². The van der Waals surface area contributed by atoms with Crippen LogP contribution in [-0.4, -0.2) is 15.2 Å². The van der Waals surface area contributed by atoms with E-state index in [0.29, 0.717) is 0 Å². The van der Waals surface area contributed by atoms with E-state index in [1.54, 1.807) is 0 Å². The van der Waals surface area contributed by atoms with Gasteiger partial charge in [-0.1, -0.05) is 72.4 Å². The van der Waals surface area contributed by atoms with E-state index in [2.05, 4.69) is 53.9 Å². The Hall–Kier alpha value is 0.434. The average molecular weight is 219 g/mol. The topological polar surface area (TPSA) is 0 Å². The molecule has 2 heteroatoms. The van der Waals surface area contributed by atoms with Crippen molar-refractivity contribution in [2.24, 2.45) is 0 Å². The van der Waals surface area contributed by atoms with E-state index in [1.165, 1.54) is 0 Å². The van der Waals surface area contributed by atoms with Crippen LogP contribution in [0.1, 0.15) is 35.1 Å². The van der Waals surface area contributed by atoms with Crippen molar-refractivity contribution in [1.82, 2.24) is 0 Å². The highest BCUT2D eigenvalue weighted by Gasteiger charge is 2.44. The van der Waals surface area contributed by atoms with Gasteiger partial charge in [0.2, 0.25) is 0 Å². The van der Waals surface area contributed by atoms with Gasteiger partial charge in [0.25, 0.3) is 0 Å². The van der Waals surface area contributed by atoms with Gasteiger partial charge in [-0.3, -0.25) is 0 Å². The Morgan fingerprint density at radius 3 is 0.846 bits per heavy atom. The summed E-state index contributed by atoms with van der Waals surface area (Å²) < 4.78 is 0. The van der Waals surface area contributed by atoms with Crippen LogP contribution in [0.5, 0.6) is 0 Å². The summed E-state index contributed by atoms with van der Waals surface area (Å²) in [5.74, 6) is 0. The van der Waals surface area contributed by atoms with Crippen LogP contribution in [0.2, 0.25) is 37.3 Å². The molecular weight excluding hydrogens is 188 g/mol. The lowest BCUT2D eigenvalue weighted by Gasteiger charge is -2.44. The Balaban J connectivity index is 0. The summed E-state index contributed by atoms with van der Waals surface area (Å²) in [7, 11) is -1.86. The fraction of sp³-hybridized carbons (Fsp3) is 1.00. The molecule has 0 spiro atoms. The highest BCUT2D eigenvalue weighted by Crippen LogP contribution is 2.37. The molecule has 0 heterocycles. The fourth-order valence-electron chi connectivity index (χ4n) is 1.49. The summed E-state index contributed by atoms with van der Waals surface area (Å²) in [5, 5.41) is 0. The first-order valence-electron chi connectivity index (χ1n) is 5.14. The highest BCUT2D eigenvalue weighted by atomic mass is 29.3. The second kappa shape index (κ2) is 4.78. The Labute approximate surface area is 87.9 Å². The largest absolute Gasteiger partial charge is 0.0776 e. The number of hydrogen-bond donors (Lipinski definition) is 0. The molecule has 0 nitrogen and oxygen atoms in total. The predicted octanol–water partition coefficient (Wildman–Crippen LogP) is 4.94. The molecule has 0 rings (SSSR count). The van der Waals surface area contributed by atoms with Crippen LogP contribution >= 0.6 is 0 Å². The van der Waals surface area contributed by atoms with E-state index in [9.17, 15) is 0 Å². The zero-order valence-electron chi connectivity index (χ0n) is 10.2. The zero-order valence-corrected chi connectivity index (χ0v) is 12.2. The molecule has 0 fully saturated rings. The minimum Gasteiger partial charge on any atom is -0.0776 e. The normalized spacial score (nSPS) is 13.4. The van der Waals surface area contributed by atoms with Crippen molar-refractivity contribution in [2.45, 2.75) is 72.4 Å². The lowest BCUT2D eigenvalue weighted by molar-refractivity contribution is 0.988. The Morgan fingerprint density at radius 2 is 0.769 bits per heavy atom. The lowest BCUT2D eigenvalue weighted by Crippen LogP contribution is -2.58. The van der Waals surface area contributed by atoms with Crippen LogP contribution in [0.25, 0.3) is 0 Å². The van der Waals surface area contributed by atoms with Gasteiger partial charge < -0.3 is 0 Å². The van der Waals surface area contributed by atoms with Crippen LogP contribution < -0.4 is 0 Å². The van der Waals surface area contributed by atoms with Crippen molar-refractivity contribution in [3.8, 4) is 0 Å². The van der Waals surface area contributed by atoms with Gasteiger partial charge >= 0.3 is 0 Å². The van der Waals surface area contributed by atoms with E-state index in [4.69, 9.17) is 0 Å². The molecular formula is C11H30Si2. The molecule has 0 aliphatic rings. The van der Waals surface area contributed by atoms with Crippen LogP contribution in [-0.2, 0) is 0 Å². The van der Waals surface area contributed by atoms with Crippen LogP contribution in [0, 0.1) is 0 Å². The van der Waals surface area contributed by atoms with E-state index < -0.39 is 15.2 Å². The number of hydrogen-bond acceptors (Lipinski definition) is 0. The maximum Gasteiger partial charge on any atom is 0.0440 e. The third-order valence-electron chi connectivity index (χ3n) is 4.55. The molecule has 0 atom stereocenters. The monoisotopic (exact) mass is 218 g/mol. The second-order valence-corrected chi connectivity index (χ2v) is 22.7. The van der Waals surface area contributed by atoms with Crippen LogP contribution in [0.3, 0.4) is 0 Å². The van der Waals surface area contributed by atoms with Gasteiger partial charge in [0.05, 0.1) is 0 Å². The quantitative estimate of drug-likeness (QED) is 0.589. The molecule has 0 amide bonds. The summed E-state index contributed by atoms with van der Waals surface area (Å²) in [6, 6.07) is 0. The first-order valence-corrected chi connectivity index (χ1v) is 12.3. The highest BCUT2D eigenvalue weighted by molar-refractivity contribution is 7.41. The van der Waals surface area contributed by atoms with Crippen molar-refractivity contribution in [2.75, 3.05) is 0 Å². The van der Waals surface area contributed by atoms with Gasteiger partial charge in [0.15, 0.2) is 0 Å².